The van der Waals surface area contributed by atoms with E-state index in [2.05, 4.69) is 20.3 Å². The van der Waals surface area contributed by atoms with Crippen molar-refractivity contribution in [3.63, 3.8) is 0 Å². The van der Waals surface area contributed by atoms with Crippen LogP contribution in [0.4, 0.5) is 0 Å². The van der Waals surface area contributed by atoms with Gasteiger partial charge in [-0.05, 0) is 49.7 Å². The molecular formula is C10H13BrClNOS2. The topological polar surface area (TPSA) is 35.4 Å². The van der Waals surface area contributed by atoms with Crippen molar-refractivity contribution in [2.24, 2.45) is 4.40 Å². The largest absolute Gasteiger partial charge is 0.591 e. The van der Waals surface area contributed by atoms with E-state index < -0.39 is 11.4 Å². The van der Waals surface area contributed by atoms with Gasteiger partial charge in [0.05, 0.1) is 13.7 Å². The summed E-state index contributed by atoms with van der Waals surface area (Å²) >= 11 is 9.65. The Kier molecular flexibility index (Phi) is 4.89. The number of nitrogens with zero attached hydrogens (tertiary/aromatic N) is 1. The van der Waals surface area contributed by atoms with Crippen LogP contribution in [-0.2, 0) is 11.4 Å². The average Bonchev–Trinajstić information content (AvgIpc) is 2.43. The van der Waals surface area contributed by atoms with Crippen molar-refractivity contribution >= 4 is 55.9 Å². The Morgan fingerprint density at radius 1 is 1.56 bits per heavy atom. The first kappa shape index (κ1) is 14.5. The summed E-state index contributed by atoms with van der Waals surface area (Å²) in [5.74, 6) is 0. The summed E-state index contributed by atoms with van der Waals surface area (Å²) in [5.41, 5.74) is 0.717. The molecule has 90 valence electrons. The fraction of sp³-hybridized carbons (Fsp3) is 0.500. The quantitative estimate of drug-likeness (QED) is 0.578. The van der Waals surface area contributed by atoms with Crippen LogP contribution in [0.25, 0.3) is 0 Å². The maximum atomic E-state index is 11.8. The van der Waals surface area contributed by atoms with Crippen molar-refractivity contribution in [1.29, 1.82) is 0 Å². The van der Waals surface area contributed by atoms with E-state index in [0.29, 0.717) is 10.7 Å². The second kappa shape index (κ2) is 5.40. The summed E-state index contributed by atoms with van der Waals surface area (Å²) in [7, 11) is 0. The fourth-order valence-electron chi connectivity index (χ4n) is 0.890. The molecule has 1 unspecified atom stereocenters. The van der Waals surface area contributed by atoms with Crippen LogP contribution in [0.5, 0.6) is 0 Å². The van der Waals surface area contributed by atoms with Gasteiger partial charge in [0.25, 0.3) is 0 Å². The smallest absolute Gasteiger partial charge is 0.144 e. The summed E-state index contributed by atoms with van der Waals surface area (Å²) in [6, 6.07) is 1.82. The molecule has 6 heteroatoms. The summed E-state index contributed by atoms with van der Waals surface area (Å²) in [6.07, 6.45) is 0. The highest BCUT2D eigenvalue weighted by molar-refractivity contribution is 9.11. The van der Waals surface area contributed by atoms with Gasteiger partial charge in [-0.15, -0.1) is 11.3 Å². The summed E-state index contributed by atoms with van der Waals surface area (Å²) in [6.45, 7) is 7.51. The molecule has 0 aliphatic carbocycles. The predicted molar refractivity (Wildman–Crippen MR) is 77.1 cm³/mol. The third-order valence-electron chi connectivity index (χ3n) is 1.73. The standard InChI is InChI=1S/C10H13BrClNOS2/c1-6(13-16(14)10(2,3)4)9-7(12)5-8(11)15-9/h5H,1-4H3/b13-6+. The summed E-state index contributed by atoms with van der Waals surface area (Å²) in [4.78, 5) is 0.867. The van der Waals surface area contributed by atoms with Crippen molar-refractivity contribution in [2.45, 2.75) is 32.4 Å². The van der Waals surface area contributed by atoms with E-state index in [1.807, 2.05) is 33.8 Å². The molecule has 1 rings (SSSR count). The van der Waals surface area contributed by atoms with Crippen molar-refractivity contribution in [1.82, 2.24) is 0 Å². The minimum absolute atomic E-state index is 0.345. The van der Waals surface area contributed by atoms with Gasteiger partial charge in [-0.1, -0.05) is 16.0 Å². The van der Waals surface area contributed by atoms with E-state index in [4.69, 9.17) is 11.6 Å². The van der Waals surface area contributed by atoms with Crippen LogP contribution in [0.1, 0.15) is 32.6 Å². The zero-order chi connectivity index (χ0) is 12.5. The number of rotatable bonds is 2. The number of hydrogen-bond acceptors (Lipinski definition) is 3. The number of thiophene rings is 1. The second-order valence-corrected chi connectivity index (χ2v) is 9.01. The van der Waals surface area contributed by atoms with Crippen LogP contribution < -0.4 is 0 Å². The molecule has 0 aromatic carbocycles. The maximum Gasteiger partial charge on any atom is 0.144 e. The molecule has 1 heterocycles. The maximum absolute atomic E-state index is 11.8. The van der Waals surface area contributed by atoms with Crippen LogP contribution in [0.15, 0.2) is 14.3 Å². The van der Waals surface area contributed by atoms with Crippen LogP contribution in [0, 0.1) is 0 Å². The van der Waals surface area contributed by atoms with Crippen molar-refractivity contribution < 1.29 is 4.55 Å². The highest BCUT2D eigenvalue weighted by atomic mass is 79.9. The van der Waals surface area contributed by atoms with Gasteiger partial charge in [0.2, 0.25) is 0 Å². The van der Waals surface area contributed by atoms with Crippen molar-refractivity contribution in [2.75, 3.05) is 0 Å². The molecular weight excluding hydrogens is 330 g/mol. The molecule has 0 saturated carbocycles. The minimum atomic E-state index is -1.25. The molecule has 1 atom stereocenters. The Morgan fingerprint density at radius 2 is 2.12 bits per heavy atom. The molecule has 1 aromatic heterocycles. The fourth-order valence-corrected chi connectivity index (χ4v) is 3.56. The lowest BCUT2D eigenvalue weighted by molar-refractivity contribution is 0.561. The van der Waals surface area contributed by atoms with Gasteiger partial charge in [-0.3, -0.25) is 0 Å². The highest BCUT2D eigenvalue weighted by Crippen LogP contribution is 2.32. The molecule has 0 aliphatic rings. The normalized spacial score (nSPS) is 15.3. The predicted octanol–water partition coefficient (Wildman–Crippen LogP) is 4.44. The minimum Gasteiger partial charge on any atom is -0.591 e. The molecule has 0 N–H and O–H groups in total. The highest BCUT2D eigenvalue weighted by Gasteiger charge is 2.27. The van der Waals surface area contributed by atoms with E-state index in [1.54, 1.807) is 0 Å². The van der Waals surface area contributed by atoms with E-state index in [1.165, 1.54) is 11.3 Å². The van der Waals surface area contributed by atoms with Gasteiger partial charge in [0, 0.05) is 0 Å². The van der Waals surface area contributed by atoms with Crippen molar-refractivity contribution in [3.05, 3.63) is 19.8 Å². The van der Waals surface area contributed by atoms with Crippen LogP contribution in [-0.4, -0.2) is 15.0 Å². The Balaban J connectivity index is 2.98. The summed E-state index contributed by atoms with van der Waals surface area (Å²) < 4.78 is 16.6. The van der Waals surface area contributed by atoms with Crippen LogP contribution in [0.3, 0.4) is 0 Å². The van der Waals surface area contributed by atoms with Crippen LogP contribution >= 0.6 is 38.9 Å². The van der Waals surface area contributed by atoms with E-state index in [-0.39, 0.29) is 4.75 Å². The number of halogens is 2. The Hall–Kier alpha value is 0.450. The average molecular weight is 343 g/mol. The molecule has 1 aromatic rings. The second-order valence-electron chi connectivity index (χ2n) is 4.27. The molecule has 2 nitrogen and oxygen atoms in total. The molecule has 0 spiro atoms. The lowest BCUT2D eigenvalue weighted by atomic mass is 10.3. The van der Waals surface area contributed by atoms with Gasteiger partial charge >= 0.3 is 0 Å². The van der Waals surface area contributed by atoms with Crippen molar-refractivity contribution in [3.8, 4) is 0 Å². The lowest BCUT2D eigenvalue weighted by Gasteiger charge is -2.18. The monoisotopic (exact) mass is 341 g/mol. The molecule has 0 bridgehead atoms. The molecule has 0 amide bonds. The van der Waals surface area contributed by atoms with Crippen LogP contribution in [0.2, 0.25) is 5.02 Å². The molecule has 0 aliphatic heterocycles. The first-order valence-corrected chi connectivity index (χ1v) is 7.73. The Bertz CT molecular complexity index is 411. The van der Waals surface area contributed by atoms with E-state index in [9.17, 15) is 4.55 Å². The van der Waals surface area contributed by atoms with Gasteiger partial charge in [-0.2, -0.15) is 0 Å². The van der Waals surface area contributed by atoms with Gasteiger partial charge in [0.15, 0.2) is 0 Å². The Labute approximate surface area is 117 Å². The molecule has 0 saturated heterocycles. The lowest BCUT2D eigenvalue weighted by Crippen LogP contribution is -2.26. The SMILES string of the molecule is C/C(=N\[S+]([O-])C(C)(C)C)c1sc(Br)cc1Cl. The third-order valence-corrected chi connectivity index (χ3v) is 5.37. The zero-order valence-electron chi connectivity index (χ0n) is 9.51. The van der Waals surface area contributed by atoms with E-state index in [0.717, 1.165) is 8.66 Å². The first-order chi connectivity index (χ1) is 7.21. The third kappa shape index (κ3) is 3.74. The zero-order valence-corrected chi connectivity index (χ0v) is 13.5. The van der Waals surface area contributed by atoms with E-state index >= 15 is 0 Å². The molecule has 16 heavy (non-hydrogen) atoms. The van der Waals surface area contributed by atoms with Gasteiger partial charge in [-0.25, -0.2) is 0 Å². The number of hydrogen-bond donors (Lipinski definition) is 0. The Morgan fingerprint density at radius 3 is 2.50 bits per heavy atom. The van der Waals surface area contributed by atoms with Gasteiger partial charge in [0.1, 0.15) is 21.8 Å². The molecule has 0 fully saturated rings. The first-order valence-electron chi connectivity index (χ1n) is 4.64. The van der Waals surface area contributed by atoms with Gasteiger partial charge < -0.3 is 4.55 Å². The summed E-state index contributed by atoms with van der Waals surface area (Å²) in [5, 5.41) is 0.643. The molecule has 0 radical (unpaired) electrons.